The number of hydrogen-bond acceptors (Lipinski definition) is 5. The number of aromatic nitrogens is 2. The quantitative estimate of drug-likeness (QED) is 0.711. The summed E-state index contributed by atoms with van der Waals surface area (Å²) in [7, 11) is 0. The molecule has 3 aliphatic heterocycles. The van der Waals surface area contributed by atoms with Gasteiger partial charge >= 0.3 is 0 Å². The van der Waals surface area contributed by atoms with E-state index in [2.05, 4.69) is 5.10 Å². The van der Waals surface area contributed by atoms with Crippen molar-refractivity contribution in [1.82, 2.24) is 19.6 Å². The second-order valence-corrected chi connectivity index (χ2v) is 9.37. The number of amides is 2. The number of rotatable bonds is 5. The fraction of sp³-hybridized carbons (Fsp3) is 0.783. The Kier molecular flexibility index (Phi) is 6.96. The molecule has 3 saturated heterocycles. The van der Waals surface area contributed by atoms with Gasteiger partial charge in [-0.3, -0.25) is 14.3 Å². The minimum Gasteiger partial charge on any atom is -0.378 e. The zero-order valence-electron chi connectivity index (χ0n) is 19.0. The van der Waals surface area contributed by atoms with Crippen molar-refractivity contribution in [3.8, 4) is 0 Å². The second-order valence-electron chi connectivity index (χ2n) is 9.37. The van der Waals surface area contributed by atoms with E-state index in [9.17, 15) is 9.59 Å². The molecule has 0 bridgehead atoms. The van der Waals surface area contributed by atoms with Gasteiger partial charge in [0.1, 0.15) is 0 Å². The molecule has 1 aromatic heterocycles. The van der Waals surface area contributed by atoms with Crippen LogP contribution >= 0.6 is 0 Å². The molecule has 1 atom stereocenters. The summed E-state index contributed by atoms with van der Waals surface area (Å²) in [6.07, 6.45) is 4.69. The highest BCUT2D eigenvalue weighted by atomic mass is 16.5. The average molecular weight is 433 g/mol. The molecule has 0 aliphatic carbocycles. The van der Waals surface area contributed by atoms with Crippen molar-refractivity contribution in [2.75, 3.05) is 46.0 Å². The number of nitrogens with zero attached hydrogens (tertiary/aromatic N) is 4. The number of carbonyl (C=O) groups excluding carboxylic acids is 2. The molecule has 1 spiro atoms. The maximum atomic E-state index is 12.7. The monoisotopic (exact) mass is 432 g/mol. The van der Waals surface area contributed by atoms with Gasteiger partial charge in [0.25, 0.3) is 0 Å². The molecule has 8 heteroatoms. The van der Waals surface area contributed by atoms with E-state index in [-0.39, 0.29) is 17.4 Å². The average Bonchev–Trinajstić information content (AvgIpc) is 3.10. The van der Waals surface area contributed by atoms with Crippen LogP contribution in [-0.4, -0.2) is 83.0 Å². The molecule has 3 aliphatic rings. The molecule has 2 amide bonds. The summed E-state index contributed by atoms with van der Waals surface area (Å²) in [5.41, 5.74) is 1.91. The Hall–Kier alpha value is -1.93. The fourth-order valence-corrected chi connectivity index (χ4v) is 5.27. The van der Waals surface area contributed by atoms with E-state index >= 15 is 0 Å². The highest BCUT2D eigenvalue weighted by Crippen LogP contribution is 2.39. The van der Waals surface area contributed by atoms with Gasteiger partial charge in [0.15, 0.2) is 0 Å². The van der Waals surface area contributed by atoms with Crippen LogP contribution in [0.3, 0.4) is 0 Å². The van der Waals surface area contributed by atoms with Crippen molar-refractivity contribution in [3.63, 3.8) is 0 Å². The first kappa shape index (κ1) is 22.3. The van der Waals surface area contributed by atoms with Gasteiger partial charge in [0.05, 0.1) is 24.5 Å². The maximum Gasteiger partial charge on any atom is 0.224 e. The lowest BCUT2D eigenvalue weighted by atomic mass is 9.78. The van der Waals surface area contributed by atoms with Crippen LogP contribution in [0.1, 0.15) is 49.9 Å². The van der Waals surface area contributed by atoms with Crippen molar-refractivity contribution in [2.24, 2.45) is 5.92 Å². The Morgan fingerprint density at radius 1 is 1.06 bits per heavy atom. The number of piperidine rings is 1. The number of carbonyl (C=O) groups is 2. The number of morpholine rings is 1. The molecule has 0 aromatic carbocycles. The third-order valence-corrected chi connectivity index (χ3v) is 7.09. The molecular weight excluding hydrogens is 396 g/mol. The van der Waals surface area contributed by atoms with E-state index < -0.39 is 0 Å². The summed E-state index contributed by atoms with van der Waals surface area (Å²) in [5.74, 6) is 0.816. The van der Waals surface area contributed by atoms with E-state index in [0.29, 0.717) is 58.2 Å². The molecule has 3 fully saturated rings. The molecule has 31 heavy (non-hydrogen) atoms. The van der Waals surface area contributed by atoms with Crippen LogP contribution < -0.4 is 0 Å². The second kappa shape index (κ2) is 9.69. The van der Waals surface area contributed by atoms with Gasteiger partial charge in [-0.15, -0.1) is 0 Å². The summed E-state index contributed by atoms with van der Waals surface area (Å²) in [4.78, 5) is 29.3. The molecule has 172 valence electrons. The predicted octanol–water partition coefficient (Wildman–Crippen LogP) is 1.93. The largest absolute Gasteiger partial charge is 0.378 e. The summed E-state index contributed by atoms with van der Waals surface area (Å²) < 4.78 is 13.5. The first-order chi connectivity index (χ1) is 14.9. The minimum atomic E-state index is -0.166. The Balaban J connectivity index is 1.24. The maximum absolute atomic E-state index is 12.7. The van der Waals surface area contributed by atoms with Gasteiger partial charge < -0.3 is 19.3 Å². The summed E-state index contributed by atoms with van der Waals surface area (Å²) in [6, 6.07) is 2.04. The highest BCUT2D eigenvalue weighted by molar-refractivity contribution is 5.77. The normalized spacial score (nSPS) is 23.9. The van der Waals surface area contributed by atoms with Crippen molar-refractivity contribution in [3.05, 3.63) is 17.5 Å². The lowest BCUT2D eigenvalue weighted by Crippen LogP contribution is -2.51. The lowest BCUT2D eigenvalue weighted by molar-refractivity contribution is -0.151. The zero-order chi connectivity index (χ0) is 21.8. The van der Waals surface area contributed by atoms with Gasteiger partial charge in [-0.05, 0) is 51.5 Å². The third kappa shape index (κ3) is 5.47. The Morgan fingerprint density at radius 3 is 2.45 bits per heavy atom. The predicted molar refractivity (Wildman–Crippen MR) is 116 cm³/mol. The molecule has 0 radical (unpaired) electrons. The smallest absolute Gasteiger partial charge is 0.224 e. The van der Waals surface area contributed by atoms with Gasteiger partial charge in [-0.2, -0.15) is 5.10 Å². The van der Waals surface area contributed by atoms with Crippen LogP contribution in [0.4, 0.5) is 0 Å². The Morgan fingerprint density at radius 2 is 1.77 bits per heavy atom. The first-order valence-corrected chi connectivity index (χ1v) is 11.7. The molecule has 4 rings (SSSR count). The van der Waals surface area contributed by atoms with E-state index in [4.69, 9.17) is 9.47 Å². The molecule has 4 heterocycles. The van der Waals surface area contributed by atoms with Gasteiger partial charge in [0, 0.05) is 57.9 Å². The Labute approximate surface area is 184 Å². The van der Waals surface area contributed by atoms with Crippen molar-refractivity contribution in [2.45, 2.75) is 64.5 Å². The van der Waals surface area contributed by atoms with Crippen LogP contribution in [0.2, 0.25) is 0 Å². The van der Waals surface area contributed by atoms with Gasteiger partial charge in [0.2, 0.25) is 11.8 Å². The van der Waals surface area contributed by atoms with E-state index in [0.717, 1.165) is 50.2 Å². The Bertz CT molecular complexity index is 779. The van der Waals surface area contributed by atoms with Crippen LogP contribution in [-0.2, 0) is 25.6 Å². The van der Waals surface area contributed by atoms with E-state index in [1.54, 1.807) is 0 Å². The third-order valence-electron chi connectivity index (χ3n) is 7.09. The SMILES string of the molecule is Cc1cc(C)n(CCC(=O)N2CCC3(CC2)CC(CC(=O)N2CCOCC2)CCO3)n1. The number of ether oxygens (including phenoxy) is 2. The molecule has 1 aromatic rings. The fourth-order valence-electron chi connectivity index (χ4n) is 5.27. The van der Waals surface area contributed by atoms with Crippen molar-refractivity contribution < 1.29 is 19.1 Å². The van der Waals surface area contributed by atoms with Gasteiger partial charge in [-0.25, -0.2) is 0 Å². The minimum absolute atomic E-state index is 0.166. The molecule has 0 saturated carbocycles. The molecule has 8 nitrogen and oxygen atoms in total. The lowest BCUT2D eigenvalue weighted by Gasteiger charge is -2.46. The highest BCUT2D eigenvalue weighted by Gasteiger charge is 2.41. The standard InChI is InChI=1S/C23H36N4O4/c1-18-15-19(2)27(24-18)7-3-21(28)25-8-5-23(6-9-25)17-20(4-12-31-23)16-22(29)26-10-13-30-14-11-26/h15,20H,3-14,16-17H2,1-2H3. The van der Waals surface area contributed by atoms with E-state index in [1.165, 1.54) is 0 Å². The van der Waals surface area contributed by atoms with Crippen LogP contribution in [0.25, 0.3) is 0 Å². The van der Waals surface area contributed by atoms with Crippen molar-refractivity contribution >= 4 is 11.8 Å². The topological polar surface area (TPSA) is 76.9 Å². The molecule has 1 unspecified atom stereocenters. The van der Waals surface area contributed by atoms with Crippen LogP contribution in [0.15, 0.2) is 6.07 Å². The van der Waals surface area contributed by atoms with Crippen LogP contribution in [0.5, 0.6) is 0 Å². The summed E-state index contributed by atoms with van der Waals surface area (Å²) >= 11 is 0. The van der Waals surface area contributed by atoms with E-state index in [1.807, 2.05) is 34.4 Å². The number of aryl methyl sites for hydroxylation is 3. The summed E-state index contributed by atoms with van der Waals surface area (Å²) in [6.45, 7) is 9.52. The number of likely N-dealkylation sites (tertiary alicyclic amines) is 1. The first-order valence-electron chi connectivity index (χ1n) is 11.7. The van der Waals surface area contributed by atoms with Gasteiger partial charge in [-0.1, -0.05) is 0 Å². The van der Waals surface area contributed by atoms with Crippen molar-refractivity contribution in [1.29, 1.82) is 0 Å². The molecule has 0 N–H and O–H groups in total. The molecular formula is C23H36N4O4. The zero-order valence-corrected chi connectivity index (χ0v) is 19.0. The number of hydrogen-bond donors (Lipinski definition) is 0. The summed E-state index contributed by atoms with van der Waals surface area (Å²) in [5, 5.41) is 4.45. The van der Waals surface area contributed by atoms with Crippen LogP contribution in [0, 0.1) is 19.8 Å².